The molecule has 0 radical (unpaired) electrons. The molecule has 0 amide bonds. The summed E-state index contributed by atoms with van der Waals surface area (Å²) < 4.78 is 18.3. The number of ether oxygens (including phenoxy) is 1. The number of aromatic carboxylic acids is 1. The summed E-state index contributed by atoms with van der Waals surface area (Å²) in [7, 11) is 0. The number of nitrogens with zero attached hydrogens (tertiary/aromatic N) is 1. The van der Waals surface area contributed by atoms with E-state index in [-0.39, 0.29) is 21.0 Å². The van der Waals surface area contributed by atoms with Crippen molar-refractivity contribution < 1.29 is 19.0 Å². The number of aromatic nitrogens is 1. The minimum absolute atomic E-state index is 0.0913. The van der Waals surface area contributed by atoms with Crippen LogP contribution in [0.25, 0.3) is 0 Å². The predicted octanol–water partition coefficient (Wildman–Crippen LogP) is 3.73. The molecule has 1 aromatic carbocycles. The molecule has 0 spiro atoms. The average molecular weight is 288 g/mol. The number of aryl methyl sites for hydroxylation is 1. The highest BCUT2D eigenvalue weighted by atomic mass is 35.5. The molecular formula is C11H7ClFNO3S. The van der Waals surface area contributed by atoms with Crippen molar-refractivity contribution in [3.63, 3.8) is 0 Å². The molecule has 0 saturated carbocycles. The third kappa shape index (κ3) is 2.60. The van der Waals surface area contributed by atoms with Gasteiger partial charge in [0, 0.05) is 0 Å². The molecule has 0 aliphatic heterocycles. The number of carboxylic acids is 1. The lowest BCUT2D eigenvalue weighted by Gasteiger charge is -2.04. The Morgan fingerprint density at radius 1 is 1.56 bits per heavy atom. The zero-order valence-electron chi connectivity index (χ0n) is 9.11. The lowest BCUT2D eigenvalue weighted by Crippen LogP contribution is -1.91. The summed E-state index contributed by atoms with van der Waals surface area (Å²) in [6.07, 6.45) is 0. The van der Waals surface area contributed by atoms with Crippen LogP contribution in [0.2, 0.25) is 5.15 Å². The topological polar surface area (TPSA) is 59.4 Å². The van der Waals surface area contributed by atoms with Gasteiger partial charge in [0.25, 0.3) is 5.19 Å². The Labute approximate surface area is 111 Å². The maximum atomic E-state index is 12.9. The molecule has 0 atom stereocenters. The molecule has 0 saturated heterocycles. The van der Waals surface area contributed by atoms with Gasteiger partial charge < -0.3 is 9.84 Å². The lowest BCUT2D eigenvalue weighted by atomic mass is 10.2. The van der Waals surface area contributed by atoms with Crippen molar-refractivity contribution in [1.29, 1.82) is 0 Å². The van der Waals surface area contributed by atoms with Crippen molar-refractivity contribution in [2.45, 2.75) is 6.92 Å². The highest BCUT2D eigenvalue weighted by Crippen LogP contribution is 2.33. The van der Waals surface area contributed by atoms with Gasteiger partial charge in [-0.05, 0) is 30.7 Å². The smallest absolute Gasteiger partial charge is 0.349 e. The quantitative estimate of drug-likeness (QED) is 0.934. The Morgan fingerprint density at radius 2 is 2.28 bits per heavy atom. The summed E-state index contributed by atoms with van der Waals surface area (Å²) in [6.45, 7) is 1.67. The average Bonchev–Trinajstić information content (AvgIpc) is 2.64. The second kappa shape index (κ2) is 4.91. The fraction of sp³-hybridized carbons (Fsp3) is 0.0909. The fourth-order valence-electron chi connectivity index (χ4n) is 1.28. The fourth-order valence-corrected chi connectivity index (χ4v) is 2.26. The van der Waals surface area contributed by atoms with E-state index in [9.17, 15) is 9.18 Å². The second-order valence-corrected chi connectivity index (χ2v) is 4.74. The molecule has 0 fully saturated rings. The predicted molar refractivity (Wildman–Crippen MR) is 65.3 cm³/mol. The number of thiazole rings is 1. The molecule has 2 aromatic rings. The van der Waals surface area contributed by atoms with Gasteiger partial charge in [-0.1, -0.05) is 22.9 Å². The van der Waals surface area contributed by atoms with Crippen LogP contribution >= 0.6 is 22.9 Å². The van der Waals surface area contributed by atoms with Gasteiger partial charge in [-0.15, -0.1) is 0 Å². The van der Waals surface area contributed by atoms with Crippen molar-refractivity contribution in [3.8, 4) is 10.9 Å². The molecule has 0 aliphatic rings. The Balaban J connectivity index is 2.29. The molecular weight excluding hydrogens is 281 g/mol. The number of benzene rings is 1. The molecule has 94 valence electrons. The van der Waals surface area contributed by atoms with Gasteiger partial charge in [0.05, 0.1) is 0 Å². The molecule has 4 nitrogen and oxygen atoms in total. The lowest BCUT2D eigenvalue weighted by molar-refractivity contribution is 0.0702. The SMILES string of the molecule is Cc1cc(F)ccc1Oc1nc(Cl)c(C(=O)O)s1. The van der Waals surface area contributed by atoms with Crippen LogP contribution in [0.1, 0.15) is 15.2 Å². The number of carbonyl (C=O) groups is 1. The van der Waals surface area contributed by atoms with E-state index in [1.165, 1.54) is 18.2 Å². The van der Waals surface area contributed by atoms with Gasteiger partial charge in [0.2, 0.25) is 0 Å². The van der Waals surface area contributed by atoms with Crippen LogP contribution in [-0.4, -0.2) is 16.1 Å². The summed E-state index contributed by atoms with van der Waals surface area (Å²) in [4.78, 5) is 14.5. The van der Waals surface area contributed by atoms with Gasteiger partial charge >= 0.3 is 5.97 Å². The van der Waals surface area contributed by atoms with Gasteiger partial charge in [-0.25, -0.2) is 9.18 Å². The minimum Gasteiger partial charge on any atom is -0.477 e. The van der Waals surface area contributed by atoms with Crippen molar-refractivity contribution >= 4 is 28.9 Å². The molecule has 1 N–H and O–H groups in total. The van der Waals surface area contributed by atoms with Gasteiger partial charge in [0.1, 0.15) is 11.6 Å². The zero-order chi connectivity index (χ0) is 13.3. The summed E-state index contributed by atoms with van der Waals surface area (Å²) >= 11 is 6.47. The Kier molecular flexibility index (Phi) is 3.49. The van der Waals surface area contributed by atoms with E-state index < -0.39 is 5.97 Å². The molecule has 1 aromatic heterocycles. The van der Waals surface area contributed by atoms with Crippen molar-refractivity contribution in [3.05, 3.63) is 39.6 Å². The molecule has 1 heterocycles. The number of hydrogen-bond acceptors (Lipinski definition) is 4. The number of hydrogen-bond donors (Lipinski definition) is 1. The molecule has 0 bridgehead atoms. The van der Waals surface area contributed by atoms with Gasteiger partial charge in [-0.3, -0.25) is 0 Å². The van der Waals surface area contributed by atoms with E-state index in [1.807, 2.05) is 0 Å². The van der Waals surface area contributed by atoms with E-state index in [2.05, 4.69) is 4.98 Å². The second-order valence-electron chi connectivity index (χ2n) is 3.42. The van der Waals surface area contributed by atoms with Crippen LogP contribution in [0.15, 0.2) is 18.2 Å². The monoisotopic (exact) mass is 287 g/mol. The first-order valence-electron chi connectivity index (χ1n) is 4.81. The van der Waals surface area contributed by atoms with Gasteiger partial charge in [0.15, 0.2) is 10.0 Å². The first-order chi connectivity index (χ1) is 8.47. The summed E-state index contributed by atoms with van der Waals surface area (Å²) in [5.74, 6) is -1.13. The maximum Gasteiger partial charge on any atom is 0.349 e. The van der Waals surface area contributed by atoms with Crippen molar-refractivity contribution in [2.75, 3.05) is 0 Å². The Hall–Kier alpha value is -1.66. The highest BCUT2D eigenvalue weighted by molar-refractivity contribution is 7.15. The van der Waals surface area contributed by atoms with Crippen LogP contribution in [0, 0.1) is 12.7 Å². The van der Waals surface area contributed by atoms with E-state index in [0.29, 0.717) is 11.3 Å². The molecule has 2 rings (SSSR count). The van der Waals surface area contributed by atoms with Crippen LogP contribution in [0.5, 0.6) is 10.9 Å². The largest absolute Gasteiger partial charge is 0.477 e. The van der Waals surface area contributed by atoms with E-state index >= 15 is 0 Å². The molecule has 0 unspecified atom stereocenters. The Morgan fingerprint density at radius 3 is 2.83 bits per heavy atom. The molecule has 7 heteroatoms. The van der Waals surface area contributed by atoms with Crippen LogP contribution < -0.4 is 4.74 Å². The Bertz CT molecular complexity index is 614. The highest BCUT2D eigenvalue weighted by Gasteiger charge is 2.17. The van der Waals surface area contributed by atoms with Crippen LogP contribution in [0.4, 0.5) is 4.39 Å². The normalized spacial score (nSPS) is 10.4. The van der Waals surface area contributed by atoms with E-state index in [4.69, 9.17) is 21.4 Å². The van der Waals surface area contributed by atoms with E-state index in [0.717, 1.165) is 11.3 Å². The van der Waals surface area contributed by atoms with Gasteiger partial charge in [-0.2, -0.15) is 4.98 Å². The summed E-state index contributed by atoms with van der Waals surface area (Å²) in [5.41, 5.74) is 0.582. The molecule has 0 aliphatic carbocycles. The van der Waals surface area contributed by atoms with Crippen LogP contribution in [-0.2, 0) is 0 Å². The third-order valence-corrected chi connectivity index (χ3v) is 3.40. The van der Waals surface area contributed by atoms with Crippen LogP contribution in [0.3, 0.4) is 0 Å². The van der Waals surface area contributed by atoms with Crippen molar-refractivity contribution in [2.24, 2.45) is 0 Å². The minimum atomic E-state index is -1.16. The first-order valence-corrected chi connectivity index (χ1v) is 6.00. The molecule has 18 heavy (non-hydrogen) atoms. The zero-order valence-corrected chi connectivity index (χ0v) is 10.7. The maximum absolute atomic E-state index is 12.9. The number of rotatable bonds is 3. The number of halogens is 2. The summed E-state index contributed by atoms with van der Waals surface area (Å²) in [5, 5.41) is 8.80. The first kappa shape index (κ1) is 12.8. The number of carboxylic acid groups (broad SMARTS) is 1. The standard InChI is InChI=1S/C11H7ClFNO3S/c1-5-4-6(13)2-3-7(5)17-11-14-9(12)8(18-11)10(15)16/h2-4H,1H3,(H,15,16). The summed E-state index contributed by atoms with van der Waals surface area (Å²) in [6, 6.07) is 4.00. The van der Waals surface area contributed by atoms with Crippen molar-refractivity contribution in [1.82, 2.24) is 4.98 Å². The third-order valence-electron chi connectivity index (χ3n) is 2.09. The van der Waals surface area contributed by atoms with E-state index in [1.54, 1.807) is 6.92 Å².